The maximum Gasteiger partial charge on any atom is 0.306 e. The fourth-order valence-electron chi connectivity index (χ4n) is 1.68. The van der Waals surface area contributed by atoms with Crippen molar-refractivity contribution in [1.29, 1.82) is 0 Å². The van der Waals surface area contributed by atoms with Crippen LogP contribution >= 0.6 is 11.3 Å². The van der Waals surface area contributed by atoms with Gasteiger partial charge < -0.3 is 19.5 Å². The van der Waals surface area contributed by atoms with Crippen molar-refractivity contribution in [2.75, 3.05) is 27.2 Å². The highest BCUT2D eigenvalue weighted by molar-refractivity contribution is 7.08. The van der Waals surface area contributed by atoms with Gasteiger partial charge in [0.05, 0.1) is 13.0 Å². The molecule has 0 saturated carbocycles. The van der Waals surface area contributed by atoms with Gasteiger partial charge in [-0.05, 0) is 11.4 Å². The predicted molar refractivity (Wildman–Crippen MR) is 88.6 cm³/mol. The molecule has 9 nitrogen and oxygen atoms in total. The number of carbonyl (C=O) groups excluding carboxylic acids is 3. The SMILES string of the molecule is CN(C)C(=O)CNC(=O)COC(=O)CCc1nc(-c2ccsc2)no1. The lowest BCUT2D eigenvalue weighted by Crippen LogP contribution is -2.38. The number of nitrogens with zero attached hydrogens (tertiary/aromatic N) is 3. The van der Waals surface area contributed by atoms with Gasteiger partial charge in [-0.1, -0.05) is 5.16 Å². The topological polar surface area (TPSA) is 115 Å². The van der Waals surface area contributed by atoms with Crippen LogP contribution in [0.4, 0.5) is 0 Å². The van der Waals surface area contributed by atoms with Crippen molar-refractivity contribution in [2.45, 2.75) is 12.8 Å². The lowest BCUT2D eigenvalue weighted by molar-refractivity contribution is -0.148. The molecule has 0 saturated heterocycles. The van der Waals surface area contributed by atoms with E-state index in [-0.39, 0.29) is 25.3 Å². The van der Waals surface area contributed by atoms with Crippen LogP contribution < -0.4 is 5.32 Å². The van der Waals surface area contributed by atoms with E-state index in [4.69, 9.17) is 9.26 Å². The highest BCUT2D eigenvalue weighted by Crippen LogP contribution is 2.18. The molecule has 2 rings (SSSR count). The van der Waals surface area contributed by atoms with E-state index in [9.17, 15) is 14.4 Å². The van der Waals surface area contributed by atoms with Crippen molar-refractivity contribution in [3.05, 3.63) is 22.7 Å². The number of hydrogen-bond donors (Lipinski definition) is 1. The lowest BCUT2D eigenvalue weighted by atomic mass is 10.3. The van der Waals surface area contributed by atoms with Crippen molar-refractivity contribution >= 4 is 29.1 Å². The molecular formula is C15H18N4O5S. The minimum Gasteiger partial charge on any atom is -0.456 e. The number of rotatable bonds is 8. The first-order chi connectivity index (χ1) is 12.0. The number of nitrogens with one attached hydrogen (secondary N) is 1. The van der Waals surface area contributed by atoms with Gasteiger partial charge in [-0.25, -0.2) is 0 Å². The average Bonchev–Trinajstić information content (AvgIpc) is 3.26. The second kappa shape index (κ2) is 8.92. The van der Waals surface area contributed by atoms with Gasteiger partial charge in [-0.3, -0.25) is 14.4 Å². The largest absolute Gasteiger partial charge is 0.456 e. The third-order valence-corrected chi connectivity index (χ3v) is 3.77. The Morgan fingerprint density at radius 1 is 1.36 bits per heavy atom. The van der Waals surface area contributed by atoms with E-state index in [1.807, 2.05) is 16.8 Å². The Kier molecular flexibility index (Phi) is 6.63. The van der Waals surface area contributed by atoms with Crippen LogP contribution in [0.3, 0.4) is 0 Å². The van der Waals surface area contributed by atoms with Crippen LogP contribution in [0.1, 0.15) is 12.3 Å². The Bertz CT molecular complexity index is 726. The second-order valence-electron chi connectivity index (χ2n) is 5.25. The zero-order valence-electron chi connectivity index (χ0n) is 13.9. The zero-order valence-corrected chi connectivity index (χ0v) is 14.7. The molecule has 0 aromatic carbocycles. The fraction of sp³-hybridized carbons (Fsp3) is 0.400. The van der Waals surface area contributed by atoms with E-state index in [1.165, 1.54) is 16.2 Å². The molecule has 0 aliphatic heterocycles. The summed E-state index contributed by atoms with van der Waals surface area (Å²) < 4.78 is 9.90. The first-order valence-electron chi connectivity index (χ1n) is 7.43. The van der Waals surface area contributed by atoms with E-state index in [2.05, 4.69) is 15.5 Å². The summed E-state index contributed by atoms with van der Waals surface area (Å²) in [6.45, 7) is -0.583. The number of aromatic nitrogens is 2. The zero-order chi connectivity index (χ0) is 18.2. The number of aryl methyl sites for hydroxylation is 1. The van der Waals surface area contributed by atoms with E-state index < -0.39 is 18.5 Å². The summed E-state index contributed by atoms with van der Waals surface area (Å²) in [7, 11) is 3.16. The van der Waals surface area contributed by atoms with E-state index in [0.717, 1.165) is 5.56 Å². The van der Waals surface area contributed by atoms with Gasteiger partial charge in [0.2, 0.25) is 17.6 Å². The second-order valence-corrected chi connectivity index (χ2v) is 6.03. The molecule has 1 N–H and O–H groups in total. The number of ether oxygens (including phenoxy) is 1. The van der Waals surface area contributed by atoms with Crippen LogP contribution in [0.5, 0.6) is 0 Å². The predicted octanol–water partition coefficient (Wildman–Crippen LogP) is 0.478. The third kappa shape index (κ3) is 5.99. The van der Waals surface area contributed by atoms with Crippen LogP contribution in [0.25, 0.3) is 11.4 Å². The van der Waals surface area contributed by atoms with Gasteiger partial charge in [0.25, 0.3) is 5.91 Å². The highest BCUT2D eigenvalue weighted by atomic mass is 32.1. The molecular weight excluding hydrogens is 348 g/mol. The van der Waals surface area contributed by atoms with Crippen LogP contribution in [0, 0.1) is 0 Å². The highest BCUT2D eigenvalue weighted by Gasteiger charge is 2.13. The van der Waals surface area contributed by atoms with Crippen LogP contribution in [0.15, 0.2) is 21.3 Å². The van der Waals surface area contributed by atoms with Crippen molar-refractivity contribution in [3.63, 3.8) is 0 Å². The molecule has 2 aromatic heterocycles. The summed E-state index contributed by atoms with van der Waals surface area (Å²) in [5.74, 6) is -0.573. The molecule has 2 aromatic rings. The number of esters is 1. The van der Waals surface area contributed by atoms with E-state index in [0.29, 0.717) is 11.7 Å². The Morgan fingerprint density at radius 3 is 2.84 bits per heavy atom. The monoisotopic (exact) mass is 366 g/mol. The maximum atomic E-state index is 11.6. The number of hydrogen-bond acceptors (Lipinski definition) is 8. The summed E-state index contributed by atoms with van der Waals surface area (Å²) >= 11 is 1.52. The van der Waals surface area contributed by atoms with Gasteiger partial charge in [0.1, 0.15) is 0 Å². The molecule has 0 aliphatic carbocycles. The number of thiophene rings is 1. The quantitative estimate of drug-likeness (QED) is 0.676. The summed E-state index contributed by atoms with van der Waals surface area (Å²) in [5.41, 5.74) is 0.853. The first-order valence-corrected chi connectivity index (χ1v) is 8.37. The Labute approximate surface area is 148 Å². The molecule has 0 aliphatic rings. The average molecular weight is 366 g/mol. The lowest BCUT2D eigenvalue weighted by Gasteiger charge is -2.10. The minimum atomic E-state index is -0.565. The number of carbonyl (C=O) groups is 3. The molecule has 0 unspecified atom stereocenters. The van der Waals surface area contributed by atoms with Crippen molar-refractivity contribution < 1.29 is 23.6 Å². The smallest absolute Gasteiger partial charge is 0.306 e. The Hall–Kier alpha value is -2.75. The Balaban J connectivity index is 1.67. The summed E-state index contributed by atoms with van der Waals surface area (Å²) in [4.78, 5) is 40.0. The molecule has 0 spiro atoms. The van der Waals surface area contributed by atoms with Gasteiger partial charge in [0.15, 0.2) is 6.61 Å². The molecule has 10 heteroatoms. The molecule has 25 heavy (non-hydrogen) atoms. The molecule has 2 heterocycles. The summed E-state index contributed by atoms with van der Waals surface area (Å²) in [6.07, 6.45) is 0.228. The van der Waals surface area contributed by atoms with Gasteiger partial charge >= 0.3 is 5.97 Å². The van der Waals surface area contributed by atoms with Crippen molar-refractivity contribution in [2.24, 2.45) is 0 Å². The summed E-state index contributed by atoms with van der Waals surface area (Å²) in [5, 5.41) is 9.99. The first kappa shape index (κ1) is 18.6. The molecule has 0 atom stereocenters. The van der Waals surface area contributed by atoms with E-state index >= 15 is 0 Å². The van der Waals surface area contributed by atoms with Gasteiger partial charge in [0, 0.05) is 31.5 Å². The van der Waals surface area contributed by atoms with Gasteiger partial charge in [-0.15, -0.1) is 0 Å². The molecule has 0 fully saturated rings. The number of likely N-dealkylation sites (N-methyl/N-ethyl adjacent to an activating group) is 1. The number of amides is 2. The van der Waals surface area contributed by atoms with Crippen molar-refractivity contribution in [1.82, 2.24) is 20.4 Å². The third-order valence-electron chi connectivity index (χ3n) is 3.09. The summed E-state index contributed by atoms with van der Waals surface area (Å²) in [6, 6.07) is 1.87. The molecule has 0 radical (unpaired) electrons. The normalized spacial score (nSPS) is 10.3. The Morgan fingerprint density at radius 2 is 2.16 bits per heavy atom. The van der Waals surface area contributed by atoms with Crippen molar-refractivity contribution in [3.8, 4) is 11.4 Å². The van der Waals surface area contributed by atoms with E-state index in [1.54, 1.807) is 14.1 Å². The molecule has 2 amide bonds. The standard InChI is InChI=1S/C15H18N4O5S/c1-19(2)13(21)7-16-11(20)8-23-14(22)4-3-12-17-15(18-24-12)10-5-6-25-9-10/h5-6,9H,3-4,7-8H2,1-2H3,(H,16,20). The van der Waals surface area contributed by atoms with Crippen LogP contribution in [-0.4, -0.2) is 60.1 Å². The maximum absolute atomic E-state index is 11.6. The van der Waals surface area contributed by atoms with Crippen LogP contribution in [-0.2, 0) is 25.5 Å². The molecule has 0 bridgehead atoms. The molecule has 134 valence electrons. The minimum absolute atomic E-state index is 0.00911. The van der Waals surface area contributed by atoms with Crippen LogP contribution in [0.2, 0.25) is 0 Å². The van der Waals surface area contributed by atoms with Gasteiger partial charge in [-0.2, -0.15) is 16.3 Å². The fourth-order valence-corrected chi connectivity index (χ4v) is 2.31.